The first-order valence-corrected chi connectivity index (χ1v) is 15.8. The minimum atomic E-state index is -4.71. The zero-order valence-corrected chi connectivity index (χ0v) is 26.6. The Morgan fingerprint density at radius 2 is 1.60 bits per heavy atom. The van der Waals surface area contributed by atoms with Gasteiger partial charge in [0.15, 0.2) is 11.6 Å². The zero-order valence-electron chi connectivity index (χ0n) is 26.6. The van der Waals surface area contributed by atoms with Gasteiger partial charge in [0.05, 0.1) is 30.3 Å². The number of amides is 2. The second kappa shape index (κ2) is 14.6. The molecule has 0 spiro atoms. The van der Waals surface area contributed by atoms with E-state index in [0.717, 1.165) is 17.8 Å². The van der Waals surface area contributed by atoms with Crippen molar-refractivity contribution in [1.29, 1.82) is 0 Å². The van der Waals surface area contributed by atoms with Crippen LogP contribution in [0.5, 0.6) is 0 Å². The van der Waals surface area contributed by atoms with E-state index in [2.05, 4.69) is 19.9 Å². The molecule has 2 aromatic heterocycles. The van der Waals surface area contributed by atoms with Gasteiger partial charge in [0.2, 0.25) is 23.7 Å². The number of pyridine rings is 1. The Morgan fingerprint density at radius 3 is 2.23 bits per heavy atom. The predicted octanol–water partition coefficient (Wildman–Crippen LogP) is 2.57. The number of hydrogen-bond donors (Lipinski definition) is 1. The number of nitrogens with zero attached hydrogens (tertiary/aromatic N) is 8. The highest BCUT2D eigenvalue weighted by Gasteiger charge is 2.37. The topological polar surface area (TPSA) is 151 Å². The average molecular weight is 660 g/mol. The fourth-order valence-electron chi connectivity index (χ4n) is 5.94. The molecule has 13 nitrogen and oxygen atoms in total. The lowest BCUT2D eigenvalue weighted by molar-refractivity contribution is -0.137. The first-order valence-electron chi connectivity index (χ1n) is 15.8. The summed E-state index contributed by atoms with van der Waals surface area (Å²) in [6.07, 6.45) is -0.493. The molecular formula is C31H40F3N9O4. The summed E-state index contributed by atoms with van der Waals surface area (Å²) >= 11 is 0. The largest absolute Gasteiger partial charge is 0.417 e. The van der Waals surface area contributed by atoms with Crippen LogP contribution in [-0.2, 0) is 25.3 Å². The molecule has 1 atom stereocenters. The van der Waals surface area contributed by atoms with Gasteiger partial charge in [-0.2, -0.15) is 28.1 Å². The minimum Gasteiger partial charge on any atom is -0.384 e. The summed E-state index contributed by atoms with van der Waals surface area (Å²) in [5, 5.41) is 0. The summed E-state index contributed by atoms with van der Waals surface area (Å²) in [7, 11) is 0. The van der Waals surface area contributed by atoms with Gasteiger partial charge in [-0.05, 0) is 38.8 Å². The monoisotopic (exact) mass is 659 g/mol. The third-order valence-electron chi connectivity index (χ3n) is 8.41. The van der Waals surface area contributed by atoms with Crippen molar-refractivity contribution in [2.45, 2.75) is 45.7 Å². The molecule has 2 aromatic rings. The van der Waals surface area contributed by atoms with Crippen LogP contribution in [0.2, 0.25) is 0 Å². The number of hydrogen-bond acceptors (Lipinski definition) is 11. The quantitative estimate of drug-likeness (QED) is 0.396. The van der Waals surface area contributed by atoms with Crippen molar-refractivity contribution in [3.8, 4) is 11.4 Å². The van der Waals surface area contributed by atoms with E-state index in [-0.39, 0.29) is 59.0 Å². The summed E-state index contributed by atoms with van der Waals surface area (Å²) < 4.78 is 47.4. The Morgan fingerprint density at radius 1 is 0.936 bits per heavy atom. The molecule has 0 aliphatic carbocycles. The smallest absolute Gasteiger partial charge is 0.384 e. The van der Waals surface area contributed by atoms with Gasteiger partial charge in [-0.3, -0.25) is 14.4 Å². The number of alkyl halides is 3. The summed E-state index contributed by atoms with van der Waals surface area (Å²) in [5.74, 6) is -0.409. The molecule has 0 saturated carbocycles. The summed E-state index contributed by atoms with van der Waals surface area (Å²) in [4.78, 5) is 62.5. The Balaban J connectivity index is 1.24. The van der Waals surface area contributed by atoms with Crippen LogP contribution in [0.15, 0.2) is 23.9 Å². The van der Waals surface area contributed by atoms with Gasteiger partial charge in [-0.15, -0.1) is 0 Å². The van der Waals surface area contributed by atoms with Crippen molar-refractivity contribution >= 4 is 35.3 Å². The van der Waals surface area contributed by atoms with E-state index < -0.39 is 11.7 Å². The Labute approximate surface area is 271 Å². The number of anilines is 3. The predicted molar refractivity (Wildman–Crippen MR) is 167 cm³/mol. The number of nitrogens with two attached hydrogens (primary N) is 1. The summed E-state index contributed by atoms with van der Waals surface area (Å²) in [6.45, 7) is 7.77. The van der Waals surface area contributed by atoms with E-state index in [1.54, 1.807) is 15.9 Å². The van der Waals surface area contributed by atoms with Crippen LogP contribution in [0.1, 0.15) is 45.1 Å². The van der Waals surface area contributed by atoms with E-state index in [1.807, 2.05) is 23.6 Å². The first kappa shape index (κ1) is 34.0. The van der Waals surface area contributed by atoms with E-state index in [4.69, 9.17) is 10.5 Å². The molecule has 254 valence electrons. The zero-order chi connectivity index (χ0) is 33.7. The molecule has 3 fully saturated rings. The maximum atomic E-state index is 14.0. The molecule has 2 N–H and O–H groups in total. The molecule has 5 heterocycles. The number of ketones is 1. The van der Waals surface area contributed by atoms with E-state index in [0.29, 0.717) is 84.8 Å². The number of carbonyl (C=O) groups is 3. The van der Waals surface area contributed by atoms with Gasteiger partial charge in [-0.25, -0.2) is 4.98 Å². The van der Waals surface area contributed by atoms with Gasteiger partial charge in [-0.1, -0.05) is 5.57 Å². The number of ether oxygens (including phenoxy) is 1. The van der Waals surface area contributed by atoms with Crippen molar-refractivity contribution in [3.05, 3.63) is 29.5 Å². The molecular weight excluding hydrogens is 619 g/mol. The lowest BCUT2D eigenvalue weighted by Gasteiger charge is -2.36. The SMILES string of the molecule is CC(C)=CC(=O)CCCC(=O)N1CC[C@H](C(=O)N2CCN(c3nc(-c4cnc(N)cc4C(F)(F)F)nc(N4CCOCC4)n3)CC2)C1. The van der Waals surface area contributed by atoms with E-state index in [1.165, 1.54) is 0 Å². The van der Waals surface area contributed by atoms with Gasteiger partial charge < -0.3 is 30.1 Å². The number of allylic oxidation sites excluding steroid dienone is 2. The number of rotatable bonds is 9. The van der Waals surface area contributed by atoms with E-state index in [9.17, 15) is 27.6 Å². The Hall–Kier alpha value is -4.34. The van der Waals surface area contributed by atoms with Crippen molar-refractivity contribution in [2.24, 2.45) is 5.92 Å². The van der Waals surface area contributed by atoms with Crippen LogP contribution in [0.4, 0.5) is 30.9 Å². The van der Waals surface area contributed by atoms with Gasteiger partial charge >= 0.3 is 6.18 Å². The third-order valence-corrected chi connectivity index (χ3v) is 8.41. The molecule has 0 unspecified atom stereocenters. The second-order valence-electron chi connectivity index (χ2n) is 12.2. The minimum absolute atomic E-state index is 0.00504. The number of likely N-dealkylation sites (tertiary alicyclic amines) is 1. The highest BCUT2D eigenvalue weighted by atomic mass is 19.4. The lowest BCUT2D eigenvalue weighted by Crippen LogP contribution is -2.51. The van der Waals surface area contributed by atoms with Gasteiger partial charge in [0.25, 0.3) is 0 Å². The molecule has 0 radical (unpaired) electrons. The molecule has 0 bridgehead atoms. The van der Waals surface area contributed by atoms with E-state index >= 15 is 0 Å². The fraction of sp³-hybridized carbons (Fsp3) is 0.581. The van der Waals surface area contributed by atoms with Crippen LogP contribution in [0.3, 0.4) is 0 Å². The Bertz CT molecular complexity index is 1500. The van der Waals surface area contributed by atoms with Crippen molar-refractivity contribution in [1.82, 2.24) is 29.7 Å². The van der Waals surface area contributed by atoms with Crippen LogP contribution in [0, 0.1) is 5.92 Å². The van der Waals surface area contributed by atoms with Gasteiger partial charge in [0.1, 0.15) is 5.82 Å². The van der Waals surface area contributed by atoms with Crippen molar-refractivity contribution in [3.63, 3.8) is 0 Å². The summed E-state index contributed by atoms with van der Waals surface area (Å²) in [5.41, 5.74) is 5.21. The van der Waals surface area contributed by atoms with Crippen LogP contribution < -0.4 is 15.5 Å². The van der Waals surface area contributed by atoms with Crippen LogP contribution in [-0.4, -0.2) is 113 Å². The van der Waals surface area contributed by atoms with Gasteiger partial charge in [0, 0.05) is 71.4 Å². The standard InChI is InChI=1S/C31H40F3N9O4/c1-20(2)16-22(44)4-3-5-26(45)43-7-6-21(19-43)28(46)40-8-10-41(11-9-40)29-37-27(38-30(39-29)42-12-14-47-15-13-42)23-18-36-25(35)17-24(23)31(32,33)34/h16-18,21H,3-15,19H2,1-2H3,(H2,35,36)/t21-/m0/s1. The highest BCUT2D eigenvalue weighted by molar-refractivity contribution is 5.90. The molecule has 0 aromatic carbocycles. The maximum Gasteiger partial charge on any atom is 0.417 e. The number of carbonyl (C=O) groups excluding carboxylic acids is 3. The van der Waals surface area contributed by atoms with Crippen LogP contribution >= 0.6 is 0 Å². The summed E-state index contributed by atoms with van der Waals surface area (Å²) in [6, 6.07) is 0.766. The highest BCUT2D eigenvalue weighted by Crippen LogP contribution is 2.37. The first-order chi connectivity index (χ1) is 22.4. The molecule has 3 aliphatic rings. The number of halogens is 3. The van der Waals surface area contributed by atoms with Crippen molar-refractivity contribution in [2.75, 3.05) is 81.1 Å². The molecule has 16 heteroatoms. The Kier molecular flexibility index (Phi) is 10.6. The molecule has 3 aliphatic heterocycles. The molecule has 47 heavy (non-hydrogen) atoms. The maximum absolute atomic E-state index is 14.0. The number of nitrogen functional groups attached to an aromatic ring is 1. The molecule has 3 saturated heterocycles. The molecule has 5 rings (SSSR count). The second-order valence-corrected chi connectivity index (χ2v) is 12.2. The van der Waals surface area contributed by atoms with Crippen molar-refractivity contribution < 1.29 is 32.3 Å². The molecule has 2 amide bonds. The van der Waals surface area contributed by atoms with Crippen LogP contribution in [0.25, 0.3) is 11.4 Å². The lowest BCUT2D eigenvalue weighted by atomic mass is 10.1. The average Bonchev–Trinajstić information content (AvgIpc) is 3.55. The normalized spacial score (nSPS) is 18.8. The fourth-order valence-corrected chi connectivity index (χ4v) is 5.94. The number of morpholine rings is 1. The third kappa shape index (κ3) is 8.53. The number of aromatic nitrogens is 4. The number of piperazine rings is 1.